The van der Waals surface area contributed by atoms with Gasteiger partial charge < -0.3 is 10.1 Å². The van der Waals surface area contributed by atoms with Crippen molar-refractivity contribution in [3.63, 3.8) is 0 Å². The molecule has 0 aliphatic heterocycles. The molecule has 17 heavy (non-hydrogen) atoms. The molecule has 1 N–H and O–H groups in total. The van der Waals surface area contributed by atoms with E-state index in [-0.39, 0.29) is 5.69 Å². The van der Waals surface area contributed by atoms with E-state index in [4.69, 9.17) is 16.3 Å². The molecule has 0 fully saturated rings. The van der Waals surface area contributed by atoms with Crippen LogP contribution in [0.4, 0.5) is 5.69 Å². The molecule has 0 bridgehead atoms. The summed E-state index contributed by atoms with van der Waals surface area (Å²) in [4.78, 5) is 10.1. The summed E-state index contributed by atoms with van der Waals surface area (Å²) in [6, 6.07) is 4.52. The number of hydrogen-bond donors (Lipinski definition) is 1. The quantitative estimate of drug-likeness (QED) is 0.484. The topological polar surface area (TPSA) is 64.4 Å². The third-order valence-electron chi connectivity index (χ3n) is 2.04. The summed E-state index contributed by atoms with van der Waals surface area (Å²) in [6.07, 6.45) is 0. The average molecular weight is 259 g/mol. The number of nitro benzene ring substituents is 1. The number of hydrogen-bond acceptors (Lipinski definition) is 4. The van der Waals surface area contributed by atoms with Gasteiger partial charge >= 0.3 is 0 Å². The lowest BCUT2D eigenvalue weighted by Gasteiger charge is -2.10. The van der Waals surface area contributed by atoms with E-state index in [0.717, 1.165) is 0 Å². The highest BCUT2D eigenvalue weighted by Crippen LogP contribution is 2.28. The van der Waals surface area contributed by atoms with Gasteiger partial charge in [0.1, 0.15) is 12.4 Å². The van der Waals surface area contributed by atoms with Crippen LogP contribution < -0.4 is 10.1 Å². The number of ether oxygens (including phenoxy) is 1. The van der Waals surface area contributed by atoms with Crippen molar-refractivity contribution < 1.29 is 9.66 Å². The van der Waals surface area contributed by atoms with Crippen LogP contribution in [0.25, 0.3) is 0 Å². The lowest BCUT2D eigenvalue weighted by atomic mass is 10.3. The number of nitrogens with one attached hydrogen (secondary N) is 1. The van der Waals surface area contributed by atoms with Crippen LogP contribution >= 0.6 is 11.6 Å². The fourth-order valence-corrected chi connectivity index (χ4v) is 1.40. The minimum atomic E-state index is -0.477. The van der Waals surface area contributed by atoms with Gasteiger partial charge in [-0.05, 0) is 6.07 Å². The van der Waals surface area contributed by atoms with Gasteiger partial charge in [-0.2, -0.15) is 0 Å². The van der Waals surface area contributed by atoms with Gasteiger partial charge in [0, 0.05) is 18.7 Å². The Bertz CT molecular complexity index is 396. The van der Waals surface area contributed by atoms with Gasteiger partial charge in [-0.1, -0.05) is 25.4 Å². The van der Waals surface area contributed by atoms with Crippen LogP contribution in [0.3, 0.4) is 0 Å². The largest absolute Gasteiger partial charge is 0.490 e. The fourth-order valence-electron chi connectivity index (χ4n) is 1.22. The lowest BCUT2D eigenvalue weighted by molar-refractivity contribution is -0.384. The third-order valence-corrected chi connectivity index (χ3v) is 2.35. The highest BCUT2D eigenvalue weighted by Gasteiger charge is 2.10. The molecule has 5 nitrogen and oxygen atoms in total. The Labute approximate surface area is 105 Å². The molecule has 0 aliphatic carbocycles. The van der Waals surface area contributed by atoms with E-state index in [1.54, 1.807) is 0 Å². The molecule has 1 aromatic rings. The van der Waals surface area contributed by atoms with Crippen molar-refractivity contribution in [3.8, 4) is 5.75 Å². The maximum absolute atomic E-state index is 10.6. The monoisotopic (exact) mass is 258 g/mol. The predicted molar refractivity (Wildman–Crippen MR) is 66.7 cm³/mol. The zero-order chi connectivity index (χ0) is 12.8. The molecular formula is C11H15ClN2O3. The van der Waals surface area contributed by atoms with E-state index in [9.17, 15) is 10.1 Å². The minimum absolute atomic E-state index is 0.0266. The maximum atomic E-state index is 10.6. The van der Waals surface area contributed by atoms with E-state index < -0.39 is 4.92 Å². The molecule has 0 saturated carbocycles. The average Bonchev–Trinajstić information content (AvgIpc) is 2.25. The predicted octanol–water partition coefficient (Wildman–Crippen LogP) is 2.63. The Hall–Kier alpha value is -1.33. The Kier molecular flexibility index (Phi) is 5.18. The van der Waals surface area contributed by atoms with Crippen molar-refractivity contribution >= 4 is 17.3 Å². The first-order valence-electron chi connectivity index (χ1n) is 5.31. The zero-order valence-electron chi connectivity index (χ0n) is 9.77. The van der Waals surface area contributed by atoms with E-state index in [0.29, 0.717) is 30.0 Å². The van der Waals surface area contributed by atoms with E-state index >= 15 is 0 Å². The number of halogens is 1. The molecule has 1 aromatic carbocycles. The first-order chi connectivity index (χ1) is 8.00. The molecule has 1 rings (SSSR count). The van der Waals surface area contributed by atoms with Gasteiger partial charge in [0.05, 0.1) is 16.0 Å². The number of rotatable bonds is 6. The summed E-state index contributed by atoms with van der Waals surface area (Å²) in [5.41, 5.74) is -0.0266. The van der Waals surface area contributed by atoms with Gasteiger partial charge in [0.25, 0.3) is 5.69 Å². The van der Waals surface area contributed by atoms with Crippen molar-refractivity contribution in [3.05, 3.63) is 33.3 Å². The minimum Gasteiger partial charge on any atom is -0.490 e. The Morgan fingerprint density at radius 1 is 1.53 bits per heavy atom. The molecule has 6 heteroatoms. The van der Waals surface area contributed by atoms with E-state index in [1.807, 2.05) is 13.8 Å². The fraction of sp³-hybridized carbons (Fsp3) is 0.455. The zero-order valence-corrected chi connectivity index (χ0v) is 10.5. The first kappa shape index (κ1) is 13.7. The van der Waals surface area contributed by atoms with Crippen LogP contribution in [0.1, 0.15) is 13.8 Å². The van der Waals surface area contributed by atoms with Crippen molar-refractivity contribution in [1.29, 1.82) is 0 Å². The van der Waals surface area contributed by atoms with Gasteiger partial charge in [0.2, 0.25) is 0 Å². The Morgan fingerprint density at radius 2 is 2.24 bits per heavy atom. The molecule has 0 saturated heterocycles. The SMILES string of the molecule is CC(C)NCCOc1cc([N+](=O)[O-])ccc1Cl. The van der Waals surface area contributed by atoms with Crippen LogP contribution in [-0.2, 0) is 0 Å². The summed E-state index contributed by atoms with van der Waals surface area (Å²) in [6.45, 7) is 5.14. The van der Waals surface area contributed by atoms with E-state index in [1.165, 1.54) is 18.2 Å². The van der Waals surface area contributed by atoms with Crippen molar-refractivity contribution in [2.75, 3.05) is 13.2 Å². The molecule has 0 atom stereocenters. The van der Waals surface area contributed by atoms with Crippen molar-refractivity contribution in [2.24, 2.45) is 0 Å². The summed E-state index contributed by atoms with van der Waals surface area (Å²) in [5, 5.41) is 14.1. The standard InChI is InChI=1S/C11H15ClN2O3/c1-8(2)13-5-6-17-11-7-9(14(15)16)3-4-10(11)12/h3-4,7-8,13H,5-6H2,1-2H3. The number of non-ortho nitro benzene ring substituents is 1. The molecule has 0 amide bonds. The van der Waals surface area contributed by atoms with Gasteiger partial charge in [-0.25, -0.2) is 0 Å². The normalized spacial score (nSPS) is 10.6. The van der Waals surface area contributed by atoms with Crippen molar-refractivity contribution in [1.82, 2.24) is 5.32 Å². The molecule has 0 aromatic heterocycles. The molecule has 94 valence electrons. The molecule has 0 heterocycles. The van der Waals surface area contributed by atoms with Crippen LogP contribution in [0.5, 0.6) is 5.75 Å². The molecular weight excluding hydrogens is 244 g/mol. The second-order valence-corrected chi connectivity index (χ2v) is 4.24. The molecule has 0 aliphatic rings. The lowest BCUT2D eigenvalue weighted by Crippen LogP contribution is -2.27. The van der Waals surface area contributed by atoms with Crippen LogP contribution in [-0.4, -0.2) is 24.1 Å². The number of nitrogens with zero attached hydrogens (tertiary/aromatic N) is 1. The third kappa shape index (κ3) is 4.58. The second kappa shape index (κ2) is 6.42. The van der Waals surface area contributed by atoms with Gasteiger partial charge in [-0.3, -0.25) is 10.1 Å². The van der Waals surface area contributed by atoms with E-state index in [2.05, 4.69) is 5.32 Å². The summed E-state index contributed by atoms with van der Waals surface area (Å²) < 4.78 is 5.38. The van der Waals surface area contributed by atoms with Gasteiger partial charge in [-0.15, -0.1) is 0 Å². The van der Waals surface area contributed by atoms with Crippen LogP contribution in [0, 0.1) is 10.1 Å². The molecule has 0 spiro atoms. The highest BCUT2D eigenvalue weighted by molar-refractivity contribution is 6.32. The maximum Gasteiger partial charge on any atom is 0.273 e. The summed E-state index contributed by atoms with van der Waals surface area (Å²) in [5.74, 6) is 0.339. The van der Waals surface area contributed by atoms with Crippen LogP contribution in [0.2, 0.25) is 5.02 Å². The van der Waals surface area contributed by atoms with Crippen LogP contribution in [0.15, 0.2) is 18.2 Å². The summed E-state index contributed by atoms with van der Waals surface area (Å²) >= 11 is 5.87. The first-order valence-corrected chi connectivity index (χ1v) is 5.68. The number of nitro groups is 1. The Balaban J connectivity index is 2.57. The van der Waals surface area contributed by atoms with Gasteiger partial charge in [0.15, 0.2) is 0 Å². The second-order valence-electron chi connectivity index (χ2n) is 3.83. The highest BCUT2D eigenvalue weighted by atomic mass is 35.5. The molecule has 0 unspecified atom stereocenters. The summed E-state index contributed by atoms with van der Waals surface area (Å²) in [7, 11) is 0. The smallest absolute Gasteiger partial charge is 0.273 e. The number of benzene rings is 1. The Morgan fingerprint density at radius 3 is 2.82 bits per heavy atom. The van der Waals surface area contributed by atoms with Crippen molar-refractivity contribution in [2.45, 2.75) is 19.9 Å². The molecule has 0 radical (unpaired) electrons.